The number of ether oxygens (including phenoxy) is 1. The molecule has 1 aromatic heterocycles. The number of aromatic nitrogens is 1. The van der Waals surface area contributed by atoms with Crippen molar-refractivity contribution in [3.8, 4) is 11.6 Å². The molecule has 2 rings (SSSR count). The standard InChI is InChI=1S/C18H24N2O/c1-12(2)16-7-6-13(3)10-17(16)21-18-11-15(8-9-20-18)14(4)19-5/h6-12,14,19H,1-5H3. The average molecular weight is 284 g/mol. The van der Waals surface area contributed by atoms with Crippen molar-refractivity contribution in [3.05, 3.63) is 53.2 Å². The van der Waals surface area contributed by atoms with Gasteiger partial charge in [0.25, 0.3) is 0 Å². The minimum absolute atomic E-state index is 0.275. The van der Waals surface area contributed by atoms with E-state index in [0.717, 1.165) is 5.75 Å². The molecule has 1 atom stereocenters. The Hall–Kier alpha value is -1.87. The number of nitrogens with zero attached hydrogens (tertiary/aromatic N) is 1. The van der Waals surface area contributed by atoms with Crippen molar-refractivity contribution in [3.63, 3.8) is 0 Å². The summed E-state index contributed by atoms with van der Waals surface area (Å²) in [5.41, 5.74) is 3.56. The van der Waals surface area contributed by atoms with Crippen molar-refractivity contribution >= 4 is 0 Å². The van der Waals surface area contributed by atoms with Gasteiger partial charge in [-0.25, -0.2) is 4.98 Å². The lowest BCUT2D eigenvalue weighted by Crippen LogP contribution is -2.12. The van der Waals surface area contributed by atoms with Gasteiger partial charge in [0.05, 0.1) is 0 Å². The van der Waals surface area contributed by atoms with Crippen LogP contribution in [0.5, 0.6) is 11.6 Å². The van der Waals surface area contributed by atoms with Crippen LogP contribution >= 0.6 is 0 Å². The van der Waals surface area contributed by atoms with Crippen LogP contribution in [0.3, 0.4) is 0 Å². The number of nitrogens with one attached hydrogen (secondary N) is 1. The van der Waals surface area contributed by atoms with E-state index in [1.165, 1.54) is 16.7 Å². The molecule has 0 spiro atoms. The molecular formula is C18H24N2O. The first-order chi connectivity index (χ1) is 10.0. The van der Waals surface area contributed by atoms with Crippen molar-refractivity contribution in [1.29, 1.82) is 0 Å². The molecule has 1 heterocycles. The zero-order chi connectivity index (χ0) is 15.4. The van der Waals surface area contributed by atoms with Crippen LogP contribution in [-0.2, 0) is 0 Å². The maximum absolute atomic E-state index is 6.05. The third kappa shape index (κ3) is 3.82. The van der Waals surface area contributed by atoms with Crippen molar-refractivity contribution in [2.75, 3.05) is 7.05 Å². The van der Waals surface area contributed by atoms with Crippen LogP contribution in [0.2, 0.25) is 0 Å². The fourth-order valence-corrected chi connectivity index (χ4v) is 2.24. The maximum atomic E-state index is 6.05. The van der Waals surface area contributed by atoms with Gasteiger partial charge in [0.15, 0.2) is 0 Å². The second-order valence-electron chi connectivity index (χ2n) is 5.74. The van der Waals surface area contributed by atoms with E-state index in [1.54, 1.807) is 6.20 Å². The predicted octanol–water partition coefficient (Wildman–Crippen LogP) is 4.59. The van der Waals surface area contributed by atoms with Gasteiger partial charge in [-0.15, -0.1) is 0 Å². The Morgan fingerprint density at radius 3 is 2.52 bits per heavy atom. The van der Waals surface area contributed by atoms with E-state index in [2.05, 4.69) is 56.2 Å². The normalized spacial score (nSPS) is 12.5. The summed E-state index contributed by atoms with van der Waals surface area (Å²) in [6.07, 6.45) is 1.79. The summed E-state index contributed by atoms with van der Waals surface area (Å²) in [4.78, 5) is 4.33. The fourth-order valence-electron chi connectivity index (χ4n) is 2.24. The number of aryl methyl sites for hydroxylation is 1. The average Bonchev–Trinajstić information content (AvgIpc) is 2.46. The molecule has 0 aliphatic carbocycles. The van der Waals surface area contributed by atoms with Gasteiger partial charge >= 0.3 is 0 Å². The van der Waals surface area contributed by atoms with Gasteiger partial charge in [-0.1, -0.05) is 26.0 Å². The molecule has 21 heavy (non-hydrogen) atoms. The first kappa shape index (κ1) is 15.5. The molecule has 3 heteroatoms. The van der Waals surface area contributed by atoms with Crippen molar-refractivity contribution in [1.82, 2.24) is 10.3 Å². The van der Waals surface area contributed by atoms with Gasteiger partial charge in [0.1, 0.15) is 5.75 Å². The third-order valence-electron chi connectivity index (χ3n) is 3.70. The van der Waals surface area contributed by atoms with E-state index in [-0.39, 0.29) is 6.04 Å². The molecule has 0 aliphatic heterocycles. The largest absolute Gasteiger partial charge is 0.439 e. The summed E-state index contributed by atoms with van der Waals surface area (Å²) in [7, 11) is 1.95. The first-order valence-electron chi connectivity index (χ1n) is 7.43. The Bertz CT molecular complexity index is 608. The second-order valence-corrected chi connectivity index (χ2v) is 5.74. The van der Waals surface area contributed by atoms with Crippen LogP contribution in [0.15, 0.2) is 36.5 Å². The Morgan fingerprint density at radius 2 is 1.86 bits per heavy atom. The fraction of sp³-hybridized carbons (Fsp3) is 0.389. The maximum Gasteiger partial charge on any atom is 0.219 e. The van der Waals surface area contributed by atoms with E-state index in [4.69, 9.17) is 4.74 Å². The molecule has 0 saturated heterocycles. The molecule has 0 aliphatic rings. The zero-order valence-corrected chi connectivity index (χ0v) is 13.5. The Kier molecular flexibility index (Phi) is 4.97. The molecule has 112 valence electrons. The van der Waals surface area contributed by atoms with Gasteiger partial charge in [0.2, 0.25) is 5.88 Å². The van der Waals surface area contributed by atoms with Crippen molar-refractivity contribution in [2.45, 2.75) is 39.7 Å². The minimum Gasteiger partial charge on any atom is -0.439 e. The molecule has 0 fully saturated rings. The highest BCUT2D eigenvalue weighted by Gasteiger charge is 2.11. The molecule has 0 radical (unpaired) electrons. The lowest BCUT2D eigenvalue weighted by molar-refractivity contribution is 0.452. The quantitative estimate of drug-likeness (QED) is 0.872. The lowest BCUT2D eigenvalue weighted by Gasteiger charge is -2.15. The Balaban J connectivity index is 2.32. The third-order valence-corrected chi connectivity index (χ3v) is 3.70. The second kappa shape index (κ2) is 6.72. The number of rotatable bonds is 5. The number of benzene rings is 1. The van der Waals surface area contributed by atoms with Crippen LogP contribution in [-0.4, -0.2) is 12.0 Å². The van der Waals surface area contributed by atoms with E-state index in [0.29, 0.717) is 11.8 Å². The summed E-state index contributed by atoms with van der Waals surface area (Å²) in [5, 5.41) is 3.23. The van der Waals surface area contributed by atoms with Gasteiger partial charge in [-0.2, -0.15) is 0 Å². The van der Waals surface area contributed by atoms with Gasteiger partial charge in [-0.3, -0.25) is 0 Å². The van der Waals surface area contributed by atoms with Gasteiger partial charge in [0, 0.05) is 18.3 Å². The summed E-state index contributed by atoms with van der Waals surface area (Å²) < 4.78 is 6.05. The molecule has 1 aromatic carbocycles. The Labute approximate surface area is 127 Å². The van der Waals surface area contributed by atoms with E-state index in [9.17, 15) is 0 Å². The lowest BCUT2D eigenvalue weighted by atomic mass is 10.0. The summed E-state index contributed by atoms with van der Waals surface area (Å²) in [5.74, 6) is 1.95. The SMILES string of the molecule is CNC(C)c1ccnc(Oc2cc(C)ccc2C(C)C)c1. The summed E-state index contributed by atoms with van der Waals surface area (Å²) >= 11 is 0. The van der Waals surface area contributed by atoms with Crippen LogP contribution in [0, 0.1) is 6.92 Å². The van der Waals surface area contributed by atoms with E-state index < -0.39 is 0 Å². The minimum atomic E-state index is 0.275. The molecule has 1 N–H and O–H groups in total. The molecule has 3 nitrogen and oxygen atoms in total. The molecule has 0 saturated carbocycles. The van der Waals surface area contributed by atoms with Gasteiger partial charge < -0.3 is 10.1 Å². The number of pyridine rings is 1. The highest BCUT2D eigenvalue weighted by molar-refractivity contribution is 5.41. The molecule has 2 aromatic rings. The molecule has 0 amide bonds. The molecule has 0 bridgehead atoms. The monoisotopic (exact) mass is 284 g/mol. The topological polar surface area (TPSA) is 34.2 Å². The van der Waals surface area contributed by atoms with E-state index in [1.807, 2.05) is 19.2 Å². The molecule has 1 unspecified atom stereocenters. The number of hydrogen-bond donors (Lipinski definition) is 1. The summed E-state index contributed by atoms with van der Waals surface area (Å²) in [6, 6.07) is 10.6. The van der Waals surface area contributed by atoms with Crippen LogP contribution in [0.4, 0.5) is 0 Å². The highest BCUT2D eigenvalue weighted by atomic mass is 16.5. The number of hydrogen-bond acceptors (Lipinski definition) is 3. The van der Waals surface area contributed by atoms with Gasteiger partial charge in [-0.05, 0) is 55.6 Å². The van der Waals surface area contributed by atoms with Crippen molar-refractivity contribution in [2.24, 2.45) is 0 Å². The highest BCUT2D eigenvalue weighted by Crippen LogP contribution is 2.31. The van der Waals surface area contributed by atoms with Crippen molar-refractivity contribution < 1.29 is 4.74 Å². The van der Waals surface area contributed by atoms with Crippen LogP contribution in [0.1, 0.15) is 49.4 Å². The molecular weight excluding hydrogens is 260 g/mol. The summed E-state index contributed by atoms with van der Waals surface area (Å²) in [6.45, 7) is 8.53. The van der Waals surface area contributed by atoms with Crippen LogP contribution in [0.25, 0.3) is 0 Å². The first-order valence-corrected chi connectivity index (χ1v) is 7.43. The van der Waals surface area contributed by atoms with Crippen LogP contribution < -0.4 is 10.1 Å². The smallest absolute Gasteiger partial charge is 0.219 e. The predicted molar refractivity (Wildman–Crippen MR) is 87.1 cm³/mol. The Morgan fingerprint density at radius 1 is 1.10 bits per heavy atom. The zero-order valence-electron chi connectivity index (χ0n) is 13.5. The van der Waals surface area contributed by atoms with E-state index >= 15 is 0 Å².